The van der Waals surface area contributed by atoms with Crippen molar-refractivity contribution < 1.29 is 0 Å². The number of rotatable bonds is 2. The molecule has 0 amide bonds. The smallest absolute Gasteiger partial charge is 0.119 e. The summed E-state index contributed by atoms with van der Waals surface area (Å²) in [4.78, 5) is 0. The molecule has 0 aliphatic heterocycles. The minimum atomic E-state index is 0.460. The lowest BCUT2D eigenvalue weighted by molar-refractivity contribution is 1.22. The van der Waals surface area contributed by atoms with Crippen molar-refractivity contribution in [1.82, 2.24) is 0 Å². The summed E-state index contributed by atoms with van der Waals surface area (Å²) < 4.78 is 0. The molecule has 2 N–H and O–H groups in total. The van der Waals surface area contributed by atoms with Gasteiger partial charge in [-0.3, -0.25) is 0 Å². The Morgan fingerprint density at radius 3 is 2.58 bits per heavy atom. The van der Waals surface area contributed by atoms with E-state index in [1.807, 2.05) is 30.3 Å². The maximum Gasteiger partial charge on any atom is 0.119 e. The third-order valence-electron chi connectivity index (χ3n) is 1.22. The molecule has 3 heteroatoms. The van der Waals surface area contributed by atoms with Crippen LogP contribution in [0.2, 0.25) is 0 Å². The van der Waals surface area contributed by atoms with Gasteiger partial charge in [-0.15, -0.1) is 5.10 Å². The van der Waals surface area contributed by atoms with Crippen molar-refractivity contribution in [2.75, 3.05) is 0 Å². The Morgan fingerprint density at radius 2 is 2.00 bits per heavy atom. The predicted molar refractivity (Wildman–Crippen MR) is 51.3 cm³/mol. The van der Waals surface area contributed by atoms with Gasteiger partial charge in [0.05, 0.1) is 6.21 Å². The van der Waals surface area contributed by atoms with Crippen LogP contribution in [0.4, 0.5) is 0 Å². The van der Waals surface area contributed by atoms with E-state index in [0.29, 0.717) is 5.84 Å². The summed E-state index contributed by atoms with van der Waals surface area (Å²) in [6.45, 7) is 1.70. The highest BCUT2D eigenvalue weighted by molar-refractivity contribution is 5.81. The first kappa shape index (κ1) is 8.46. The zero-order chi connectivity index (χ0) is 8.81. The lowest BCUT2D eigenvalue weighted by Gasteiger charge is -1.87. The van der Waals surface area contributed by atoms with Crippen molar-refractivity contribution in [2.24, 2.45) is 15.9 Å². The van der Waals surface area contributed by atoms with E-state index >= 15 is 0 Å². The molecule has 62 valence electrons. The molecule has 0 bridgehead atoms. The largest absolute Gasteiger partial charge is 0.386 e. The van der Waals surface area contributed by atoms with Gasteiger partial charge in [-0.25, -0.2) is 0 Å². The van der Waals surface area contributed by atoms with Gasteiger partial charge in [-0.05, 0) is 12.5 Å². The molecule has 0 fully saturated rings. The van der Waals surface area contributed by atoms with Crippen molar-refractivity contribution >= 4 is 12.1 Å². The SMILES string of the molecule is C/C(N)=N/N=C/c1ccccc1. The molecule has 0 saturated heterocycles. The topological polar surface area (TPSA) is 50.7 Å². The van der Waals surface area contributed by atoms with Gasteiger partial charge in [0.1, 0.15) is 5.84 Å². The van der Waals surface area contributed by atoms with Crippen LogP contribution >= 0.6 is 0 Å². The van der Waals surface area contributed by atoms with Gasteiger partial charge < -0.3 is 5.73 Å². The highest BCUT2D eigenvalue weighted by Gasteiger charge is 1.81. The van der Waals surface area contributed by atoms with Crippen LogP contribution in [0.3, 0.4) is 0 Å². The molecular formula is C9H11N3. The second-order valence-corrected chi connectivity index (χ2v) is 2.40. The van der Waals surface area contributed by atoms with Gasteiger partial charge in [-0.2, -0.15) is 5.10 Å². The average Bonchev–Trinajstić information content (AvgIpc) is 2.05. The van der Waals surface area contributed by atoms with E-state index in [9.17, 15) is 0 Å². The molecule has 0 spiro atoms. The molecular weight excluding hydrogens is 150 g/mol. The third-order valence-corrected chi connectivity index (χ3v) is 1.22. The van der Waals surface area contributed by atoms with Crippen LogP contribution in [0.15, 0.2) is 40.5 Å². The normalized spacial score (nSPS) is 12.2. The van der Waals surface area contributed by atoms with Gasteiger partial charge in [-0.1, -0.05) is 30.3 Å². The van der Waals surface area contributed by atoms with Crippen LogP contribution in [0, 0.1) is 0 Å². The molecule has 1 aromatic rings. The van der Waals surface area contributed by atoms with Gasteiger partial charge in [0.25, 0.3) is 0 Å². The van der Waals surface area contributed by atoms with Crippen molar-refractivity contribution in [2.45, 2.75) is 6.92 Å². The number of hydrogen-bond acceptors (Lipinski definition) is 2. The summed E-state index contributed by atoms with van der Waals surface area (Å²) in [6.07, 6.45) is 1.66. The number of amidine groups is 1. The molecule has 0 atom stereocenters. The van der Waals surface area contributed by atoms with Crippen LogP contribution in [0.1, 0.15) is 12.5 Å². The van der Waals surface area contributed by atoms with Gasteiger partial charge in [0, 0.05) is 0 Å². The molecule has 0 saturated carbocycles. The number of hydrogen-bond donors (Lipinski definition) is 1. The van der Waals surface area contributed by atoms with Crippen LogP contribution in [-0.2, 0) is 0 Å². The first-order valence-electron chi connectivity index (χ1n) is 3.67. The summed E-state index contributed by atoms with van der Waals surface area (Å²) in [5, 5.41) is 7.46. The van der Waals surface area contributed by atoms with Gasteiger partial charge >= 0.3 is 0 Å². The minimum Gasteiger partial charge on any atom is -0.386 e. The fraction of sp³-hybridized carbons (Fsp3) is 0.111. The zero-order valence-corrected chi connectivity index (χ0v) is 6.94. The molecule has 12 heavy (non-hydrogen) atoms. The molecule has 1 rings (SSSR count). The number of nitrogens with two attached hydrogens (primary N) is 1. The molecule has 1 aromatic carbocycles. The molecule has 0 aliphatic rings. The molecule has 3 nitrogen and oxygen atoms in total. The first-order valence-corrected chi connectivity index (χ1v) is 3.67. The average molecular weight is 161 g/mol. The fourth-order valence-electron chi connectivity index (χ4n) is 0.726. The maximum atomic E-state index is 5.29. The molecule has 0 aromatic heterocycles. The van der Waals surface area contributed by atoms with Crippen molar-refractivity contribution in [3.63, 3.8) is 0 Å². The third kappa shape index (κ3) is 2.96. The Hall–Kier alpha value is -1.64. The summed E-state index contributed by atoms with van der Waals surface area (Å²) >= 11 is 0. The summed E-state index contributed by atoms with van der Waals surface area (Å²) in [5.74, 6) is 0.460. The molecule has 0 unspecified atom stereocenters. The Labute approximate surface area is 71.6 Å². The summed E-state index contributed by atoms with van der Waals surface area (Å²) in [7, 11) is 0. The second-order valence-electron chi connectivity index (χ2n) is 2.40. The zero-order valence-electron chi connectivity index (χ0n) is 6.94. The molecule has 0 radical (unpaired) electrons. The predicted octanol–water partition coefficient (Wildman–Crippen LogP) is 1.40. The van der Waals surface area contributed by atoms with E-state index in [0.717, 1.165) is 5.56 Å². The van der Waals surface area contributed by atoms with Crippen LogP contribution in [0.25, 0.3) is 0 Å². The molecule has 0 heterocycles. The number of benzene rings is 1. The second kappa shape index (κ2) is 4.28. The Bertz CT molecular complexity index is 284. The fourth-order valence-corrected chi connectivity index (χ4v) is 0.726. The standard InChI is InChI=1S/C9H11N3/c1-8(10)12-11-7-9-5-3-2-4-6-9/h2-7H,1H3,(H2,10,12)/b11-7+. The quantitative estimate of drug-likeness (QED) is 0.398. The summed E-state index contributed by atoms with van der Waals surface area (Å²) in [6, 6.07) is 9.74. The van der Waals surface area contributed by atoms with Crippen molar-refractivity contribution in [3.8, 4) is 0 Å². The van der Waals surface area contributed by atoms with Gasteiger partial charge in [0.2, 0.25) is 0 Å². The number of nitrogens with zero attached hydrogens (tertiary/aromatic N) is 2. The van der Waals surface area contributed by atoms with E-state index in [2.05, 4.69) is 10.2 Å². The van der Waals surface area contributed by atoms with E-state index in [1.54, 1.807) is 13.1 Å². The monoisotopic (exact) mass is 161 g/mol. The highest BCUT2D eigenvalue weighted by atomic mass is 15.2. The van der Waals surface area contributed by atoms with E-state index in [4.69, 9.17) is 5.73 Å². The maximum absolute atomic E-state index is 5.29. The van der Waals surface area contributed by atoms with Crippen molar-refractivity contribution in [3.05, 3.63) is 35.9 Å². The van der Waals surface area contributed by atoms with E-state index in [1.165, 1.54) is 0 Å². The Balaban J connectivity index is 2.64. The first-order chi connectivity index (χ1) is 5.79. The van der Waals surface area contributed by atoms with Crippen LogP contribution in [-0.4, -0.2) is 12.1 Å². The lowest BCUT2D eigenvalue weighted by Crippen LogP contribution is -2.03. The minimum absolute atomic E-state index is 0.460. The Kier molecular flexibility index (Phi) is 3.02. The highest BCUT2D eigenvalue weighted by Crippen LogP contribution is 1.93. The van der Waals surface area contributed by atoms with E-state index < -0.39 is 0 Å². The lowest BCUT2D eigenvalue weighted by atomic mass is 10.2. The summed E-state index contributed by atoms with van der Waals surface area (Å²) in [5.41, 5.74) is 6.31. The molecule has 0 aliphatic carbocycles. The van der Waals surface area contributed by atoms with Crippen LogP contribution < -0.4 is 5.73 Å². The van der Waals surface area contributed by atoms with Gasteiger partial charge in [0.15, 0.2) is 0 Å². The van der Waals surface area contributed by atoms with Crippen molar-refractivity contribution in [1.29, 1.82) is 0 Å². The Morgan fingerprint density at radius 1 is 1.33 bits per heavy atom. The van der Waals surface area contributed by atoms with E-state index in [-0.39, 0.29) is 0 Å². The van der Waals surface area contributed by atoms with Crippen LogP contribution in [0.5, 0.6) is 0 Å².